The molecule has 1 aliphatic carbocycles. The van der Waals surface area contributed by atoms with Crippen molar-refractivity contribution in [1.82, 2.24) is 10.2 Å². The number of hydrogen-bond acceptors (Lipinski definition) is 4. The second-order valence-electron chi connectivity index (χ2n) is 9.20. The summed E-state index contributed by atoms with van der Waals surface area (Å²) in [5.41, 5.74) is 2.74. The van der Waals surface area contributed by atoms with Crippen LogP contribution in [0.4, 0.5) is 0 Å². The van der Waals surface area contributed by atoms with Gasteiger partial charge in [-0.25, -0.2) is 0 Å². The Morgan fingerprint density at radius 3 is 2.42 bits per heavy atom. The minimum absolute atomic E-state index is 0.109. The summed E-state index contributed by atoms with van der Waals surface area (Å²) >= 11 is 0. The lowest BCUT2D eigenvalue weighted by molar-refractivity contribution is -0.137. The number of piperidine rings is 1. The molecule has 31 heavy (non-hydrogen) atoms. The van der Waals surface area contributed by atoms with Crippen LogP contribution in [0, 0.1) is 5.41 Å². The van der Waals surface area contributed by atoms with Gasteiger partial charge in [0.1, 0.15) is 0 Å². The molecule has 0 aromatic heterocycles. The molecule has 0 radical (unpaired) electrons. The Morgan fingerprint density at radius 2 is 1.74 bits per heavy atom. The maximum absolute atomic E-state index is 10.9. The summed E-state index contributed by atoms with van der Waals surface area (Å²) in [6.07, 6.45) is 3.50. The summed E-state index contributed by atoms with van der Waals surface area (Å²) in [5.74, 6) is -0.0930. The van der Waals surface area contributed by atoms with Crippen LogP contribution in [-0.4, -0.2) is 54.8 Å². The largest absolute Gasteiger partial charge is 0.481 e. The number of rotatable bonds is 11. The van der Waals surface area contributed by atoms with Crippen LogP contribution >= 0.6 is 0 Å². The Kier molecular flexibility index (Phi) is 7.38. The van der Waals surface area contributed by atoms with Crippen LogP contribution in [0.2, 0.25) is 0 Å². The lowest BCUT2D eigenvalue weighted by atomic mass is 9.78. The van der Waals surface area contributed by atoms with E-state index < -0.39 is 5.97 Å². The Labute approximate surface area is 185 Å². The summed E-state index contributed by atoms with van der Waals surface area (Å²) in [4.78, 5) is 13.2. The Hall–Kier alpha value is -2.21. The van der Waals surface area contributed by atoms with Gasteiger partial charge in [0, 0.05) is 30.5 Å². The highest BCUT2D eigenvalue weighted by molar-refractivity contribution is 5.66. The number of nitrogens with one attached hydrogen (secondary N) is 1. The Balaban J connectivity index is 1.31. The van der Waals surface area contributed by atoms with E-state index in [9.17, 15) is 4.79 Å². The van der Waals surface area contributed by atoms with E-state index in [1.165, 1.54) is 17.5 Å². The SMILES string of the molecule is O=C(O)CCN1CCC(CNC2CC2c2ccccc2)(COCc2ccccc2)CC1. The van der Waals surface area contributed by atoms with Gasteiger partial charge in [-0.1, -0.05) is 60.7 Å². The first kappa shape index (κ1) is 22.0. The minimum Gasteiger partial charge on any atom is -0.481 e. The van der Waals surface area contributed by atoms with E-state index in [-0.39, 0.29) is 11.8 Å². The molecule has 1 heterocycles. The van der Waals surface area contributed by atoms with Crippen molar-refractivity contribution in [2.24, 2.45) is 5.41 Å². The van der Waals surface area contributed by atoms with Crippen LogP contribution in [0.15, 0.2) is 60.7 Å². The molecular formula is C26H34N2O3. The van der Waals surface area contributed by atoms with Crippen molar-refractivity contribution >= 4 is 5.97 Å². The Morgan fingerprint density at radius 1 is 1.06 bits per heavy atom. The van der Waals surface area contributed by atoms with Crippen LogP contribution < -0.4 is 5.32 Å². The van der Waals surface area contributed by atoms with Crippen molar-refractivity contribution in [3.63, 3.8) is 0 Å². The molecule has 2 aromatic rings. The number of carboxylic acid groups (broad SMARTS) is 1. The standard InChI is InChI=1S/C26H34N2O3/c29-25(30)11-14-28-15-12-26(13-16-28,20-31-18-21-7-3-1-4-8-21)19-27-24-17-23(24)22-9-5-2-6-10-22/h1-10,23-24,27H,11-20H2,(H,29,30). The number of ether oxygens (including phenoxy) is 1. The second kappa shape index (κ2) is 10.4. The molecule has 0 bridgehead atoms. The first-order valence-corrected chi connectivity index (χ1v) is 11.5. The van der Waals surface area contributed by atoms with E-state index >= 15 is 0 Å². The lowest BCUT2D eigenvalue weighted by Gasteiger charge is -2.42. The van der Waals surface area contributed by atoms with Gasteiger partial charge in [-0.3, -0.25) is 4.79 Å². The quantitative estimate of drug-likeness (QED) is 0.575. The number of carbonyl (C=O) groups is 1. The molecule has 2 unspecified atom stereocenters. The van der Waals surface area contributed by atoms with E-state index in [0.29, 0.717) is 25.1 Å². The van der Waals surface area contributed by atoms with Gasteiger partial charge in [-0.2, -0.15) is 0 Å². The molecule has 0 amide bonds. The molecule has 5 heteroatoms. The van der Waals surface area contributed by atoms with Crippen molar-refractivity contribution in [1.29, 1.82) is 0 Å². The van der Waals surface area contributed by atoms with Gasteiger partial charge in [-0.05, 0) is 43.5 Å². The van der Waals surface area contributed by atoms with Crippen molar-refractivity contribution in [3.8, 4) is 0 Å². The molecule has 0 spiro atoms. The number of nitrogens with zero attached hydrogens (tertiary/aromatic N) is 1. The van der Waals surface area contributed by atoms with E-state index in [1.807, 2.05) is 18.2 Å². The van der Waals surface area contributed by atoms with Crippen molar-refractivity contribution < 1.29 is 14.6 Å². The lowest BCUT2D eigenvalue weighted by Crippen LogP contribution is -2.48. The number of carboxylic acids is 1. The average molecular weight is 423 g/mol. The topological polar surface area (TPSA) is 61.8 Å². The van der Waals surface area contributed by atoms with E-state index in [2.05, 4.69) is 52.7 Å². The predicted molar refractivity (Wildman–Crippen MR) is 122 cm³/mol. The van der Waals surface area contributed by atoms with Crippen LogP contribution in [0.3, 0.4) is 0 Å². The molecule has 1 aliphatic heterocycles. The normalized spacial score (nSPS) is 22.8. The molecule has 1 saturated carbocycles. The number of likely N-dealkylation sites (tertiary alicyclic amines) is 1. The monoisotopic (exact) mass is 422 g/mol. The van der Waals surface area contributed by atoms with Gasteiger partial charge in [0.25, 0.3) is 0 Å². The maximum Gasteiger partial charge on any atom is 0.304 e. The average Bonchev–Trinajstić information content (AvgIpc) is 3.59. The van der Waals surface area contributed by atoms with Crippen molar-refractivity contribution in [2.75, 3.05) is 32.8 Å². The van der Waals surface area contributed by atoms with Gasteiger partial charge in [0.15, 0.2) is 0 Å². The maximum atomic E-state index is 10.9. The van der Waals surface area contributed by atoms with Crippen LogP contribution in [0.1, 0.15) is 42.7 Å². The molecule has 2 atom stereocenters. The van der Waals surface area contributed by atoms with E-state index in [0.717, 1.165) is 39.1 Å². The molecule has 2 aliphatic rings. The Bertz CT molecular complexity index is 819. The number of benzene rings is 2. The number of aliphatic carboxylic acids is 1. The zero-order valence-corrected chi connectivity index (χ0v) is 18.2. The summed E-state index contributed by atoms with van der Waals surface area (Å²) in [7, 11) is 0. The van der Waals surface area contributed by atoms with Crippen molar-refractivity contribution in [3.05, 3.63) is 71.8 Å². The number of hydrogen-bond donors (Lipinski definition) is 2. The molecule has 2 fully saturated rings. The molecular weight excluding hydrogens is 388 g/mol. The highest BCUT2D eigenvalue weighted by Gasteiger charge is 2.41. The fraction of sp³-hybridized carbons (Fsp3) is 0.500. The van der Waals surface area contributed by atoms with Gasteiger partial charge >= 0.3 is 5.97 Å². The van der Waals surface area contributed by atoms with Gasteiger partial charge in [0.2, 0.25) is 0 Å². The molecule has 5 nitrogen and oxygen atoms in total. The van der Waals surface area contributed by atoms with E-state index in [4.69, 9.17) is 9.84 Å². The second-order valence-corrected chi connectivity index (χ2v) is 9.20. The van der Waals surface area contributed by atoms with Crippen LogP contribution in [0.25, 0.3) is 0 Å². The van der Waals surface area contributed by atoms with E-state index in [1.54, 1.807) is 0 Å². The molecule has 2 aromatic carbocycles. The fourth-order valence-electron chi connectivity index (χ4n) is 4.67. The summed E-state index contributed by atoms with van der Waals surface area (Å²) in [6.45, 7) is 4.86. The van der Waals surface area contributed by atoms with Gasteiger partial charge < -0.3 is 20.1 Å². The third-order valence-corrected chi connectivity index (χ3v) is 6.84. The summed E-state index contributed by atoms with van der Waals surface area (Å²) < 4.78 is 6.21. The van der Waals surface area contributed by atoms with Crippen LogP contribution in [-0.2, 0) is 16.1 Å². The molecule has 166 valence electrons. The van der Waals surface area contributed by atoms with Crippen molar-refractivity contribution in [2.45, 2.75) is 44.2 Å². The zero-order valence-electron chi connectivity index (χ0n) is 18.2. The smallest absolute Gasteiger partial charge is 0.304 e. The zero-order chi connectivity index (χ0) is 21.5. The predicted octanol–water partition coefficient (Wildman–Crippen LogP) is 3.91. The van der Waals surface area contributed by atoms with Crippen LogP contribution in [0.5, 0.6) is 0 Å². The van der Waals surface area contributed by atoms with Gasteiger partial charge in [0.05, 0.1) is 19.6 Å². The fourth-order valence-corrected chi connectivity index (χ4v) is 4.67. The molecule has 4 rings (SSSR count). The highest BCUT2D eigenvalue weighted by Crippen LogP contribution is 2.42. The first-order valence-electron chi connectivity index (χ1n) is 11.5. The minimum atomic E-state index is -0.717. The third-order valence-electron chi connectivity index (χ3n) is 6.84. The van der Waals surface area contributed by atoms with Gasteiger partial charge in [-0.15, -0.1) is 0 Å². The highest BCUT2D eigenvalue weighted by atomic mass is 16.5. The third kappa shape index (κ3) is 6.39. The summed E-state index contributed by atoms with van der Waals surface area (Å²) in [5, 5.41) is 12.8. The molecule has 1 saturated heterocycles. The summed E-state index contributed by atoms with van der Waals surface area (Å²) in [6, 6.07) is 21.7. The molecule has 2 N–H and O–H groups in total. The first-order chi connectivity index (χ1) is 15.1.